The molecular formula is C12H13ClFN3O. The normalized spacial score (nSPS) is 13.0. The second-order valence-corrected chi connectivity index (χ2v) is 4.76. The van der Waals surface area contributed by atoms with Crippen LogP contribution in [0.15, 0.2) is 22.7 Å². The fraction of sp³-hybridized carbons (Fsp3) is 0.333. The summed E-state index contributed by atoms with van der Waals surface area (Å²) in [6.45, 7) is 3.92. The van der Waals surface area contributed by atoms with E-state index in [4.69, 9.17) is 21.9 Å². The van der Waals surface area contributed by atoms with E-state index in [1.165, 1.54) is 18.2 Å². The van der Waals surface area contributed by atoms with Crippen molar-refractivity contribution in [2.75, 3.05) is 0 Å². The van der Waals surface area contributed by atoms with Crippen molar-refractivity contribution in [2.45, 2.75) is 19.9 Å². The second kappa shape index (κ2) is 5.04. The number of benzene rings is 1. The van der Waals surface area contributed by atoms with Gasteiger partial charge in [0.1, 0.15) is 5.82 Å². The van der Waals surface area contributed by atoms with Crippen molar-refractivity contribution < 1.29 is 8.91 Å². The van der Waals surface area contributed by atoms with Gasteiger partial charge in [-0.3, -0.25) is 0 Å². The molecule has 0 aliphatic carbocycles. The summed E-state index contributed by atoms with van der Waals surface area (Å²) >= 11 is 5.92. The van der Waals surface area contributed by atoms with Crippen molar-refractivity contribution in [3.8, 4) is 11.4 Å². The Labute approximate surface area is 109 Å². The minimum atomic E-state index is -0.411. The first-order chi connectivity index (χ1) is 8.49. The molecule has 4 nitrogen and oxygen atoms in total. The molecule has 0 radical (unpaired) electrons. The third kappa shape index (κ3) is 2.52. The fourth-order valence-corrected chi connectivity index (χ4v) is 1.69. The molecule has 0 amide bonds. The lowest BCUT2D eigenvalue weighted by Gasteiger charge is -2.09. The van der Waals surface area contributed by atoms with E-state index < -0.39 is 5.82 Å². The molecule has 18 heavy (non-hydrogen) atoms. The van der Waals surface area contributed by atoms with Gasteiger partial charge in [-0.25, -0.2) is 4.39 Å². The SMILES string of the molecule is CC(C)[C@@H](N)c1nc(-c2ccc(F)cc2Cl)no1. The minimum absolute atomic E-state index is 0.182. The zero-order valence-corrected chi connectivity index (χ0v) is 10.8. The van der Waals surface area contributed by atoms with Gasteiger partial charge in [0.15, 0.2) is 0 Å². The van der Waals surface area contributed by atoms with Gasteiger partial charge in [-0.05, 0) is 24.1 Å². The van der Waals surface area contributed by atoms with E-state index in [1.807, 2.05) is 13.8 Å². The Morgan fingerprint density at radius 1 is 1.39 bits per heavy atom. The maximum atomic E-state index is 12.9. The molecule has 0 aliphatic rings. The van der Waals surface area contributed by atoms with Crippen LogP contribution in [-0.2, 0) is 0 Å². The predicted molar refractivity (Wildman–Crippen MR) is 66.5 cm³/mol. The number of nitrogens with zero attached hydrogens (tertiary/aromatic N) is 2. The minimum Gasteiger partial charge on any atom is -0.337 e. The molecule has 0 saturated heterocycles. The number of hydrogen-bond acceptors (Lipinski definition) is 4. The Morgan fingerprint density at radius 2 is 2.11 bits per heavy atom. The van der Waals surface area contributed by atoms with Crippen LogP contribution in [0, 0.1) is 11.7 Å². The van der Waals surface area contributed by atoms with Crippen molar-refractivity contribution in [3.63, 3.8) is 0 Å². The van der Waals surface area contributed by atoms with E-state index in [9.17, 15) is 4.39 Å². The van der Waals surface area contributed by atoms with Crippen LogP contribution in [0.3, 0.4) is 0 Å². The molecule has 1 heterocycles. The van der Waals surface area contributed by atoms with Crippen LogP contribution in [-0.4, -0.2) is 10.1 Å². The summed E-state index contributed by atoms with van der Waals surface area (Å²) < 4.78 is 18.0. The zero-order chi connectivity index (χ0) is 13.3. The molecule has 0 spiro atoms. The summed E-state index contributed by atoms with van der Waals surface area (Å²) in [7, 11) is 0. The standard InChI is InChI=1S/C12H13ClFN3O/c1-6(2)10(15)12-16-11(17-18-12)8-4-3-7(14)5-9(8)13/h3-6,10H,15H2,1-2H3/t10-/m1/s1. The molecule has 1 aromatic heterocycles. The summed E-state index contributed by atoms with van der Waals surface area (Å²) in [6.07, 6.45) is 0. The second-order valence-electron chi connectivity index (χ2n) is 4.35. The summed E-state index contributed by atoms with van der Waals surface area (Å²) in [5, 5.41) is 4.04. The van der Waals surface area contributed by atoms with Gasteiger partial charge in [-0.1, -0.05) is 30.6 Å². The van der Waals surface area contributed by atoms with E-state index in [-0.39, 0.29) is 17.0 Å². The van der Waals surface area contributed by atoms with Crippen LogP contribution in [0.4, 0.5) is 4.39 Å². The Hall–Kier alpha value is -1.46. The topological polar surface area (TPSA) is 64.9 Å². The maximum Gasteiger partial charge on any atom is 0.244 e. The van der Waals surface area contributed by atoms with E-state index in [2.05, 4.69) is 10.1 Å². The van der Waals surface area contributed by atoms with Crippen molar-refractivity contribution >= 4 is 11.6 Å². The Balaban J connectivity index is 2.35. The first kappa shape index (κ1) is 13.0. The average molecular weight is 270 g/mol. The van der Waals surface area contributed by atoms with Crippen molar-refractivity contribution in [1.29, 1.82) is 0 Å². The number of nitrogens with two attached hydrogens (primary N) is 1. The molecule has 0 unspecified atom stereocenters. The molecule has 96 valence electrons. The summed E-state index contributed by atoms with van der Waals surface area (Å²) in [5.74, 6) is 0.430. The maximum absolute atomic E-state index is 12.9. The lowest BCUT2D eigenvalue weighted by atomic mass is 10.1. The van der Waals surface area contributed by atoms with Crippen molar-refractivity contribution in [1.82, 2.24) is 10.1 Å². The molecule has 0 fully saturated rings. The van der Waals surface area contributed by atoms with Gasteiger partial charge < -0.3 is 10.3 Å². The van der Waals surface area contributed by atoms with E-state index in [0.717, 1.165) is 0 Å². The monoisotopic (exact) mass is 269 g/mol. The Bertz CT molecular complexity index is 556. The first-order valence-electron chi connectivity index (χ1n) is 5.53. The highest BCUT2D eigenvalue weighted by Crippen LogP contribution is 2.27. The predicted octanol–water partition coefficient (Wildman–Crippen LogP) is 3.18. The van der Waals surface area contributed by atoms with E-state index in [1.54, 1.807) is 0 Å². The lowest BCUT2D eigenvalue weighted by molar-refractivity contribution is 0.325. The van der Waals surface area contributed by atoms with Gasteiger partial charge in [0.05, 0.1) is 11.1 Å². The van der Waals surface area contributed by atoms with Gasteiger partial charge in [-0.2, -0.15) is 4.98 Å². The highest BCUT2D eigenvalue weighted by Gasteiger charge is 2.19. The quantitative estimate of drug-likeness (QED) is 0.929. The number of rotatable bonds is 3. The van der Waals surface area contributed by atoms with Crippen LogP contribution in [0.2, 0.25) is 5.02 Å². The molecule has 2 rings (SSSR count). The van der Waals surface area contributed by atoms with Gasteiger partial charge in [0.25, 0.3) is 0 Å². The fourth-order valence-electron chi connectivity index (χ4n) is 1.44. The van der Waals surface area contributed by atoms with Gasteiger partial charge in [-0.15, -0.1) is 0 Å². The van der Waals surface area contributed by atoms with Crippen LogP contribution in [0.25, 0.3) is 11.4 Å². The molecule has 2 N–H and O–H groups in total. The van der Waals surface area contributed by atoms with Gasteiger partial charge in [0, 0.05) is 5.56 Å². The number of halogens is 2. The molecule has 0 bridgehead atoms. The third-order valence-corrected chi connectivity index (χ3v) is 2.93. The van der Waals surface area contributed by atoms with Crippen LogP contribution in [0.1, 0.15) is 25.8 Å². The van der Waals surface area contributed by atoms with Crippen LogP contribution < -0.4 is 5.73 Å². The average Bonchev–Trinajstić information content (AvgIpc) is 2.77. The highest BCUT2D eigenvalue weighted by molar-refractivity contribution is 6.33. The Kier molecular flexibility index (Phi) is 3.63. The number of aromatic nitrogens is 2. The van der Waals surface area contributed by atoms with Crippen LogP contribution in [0.5, 0.6) is 0 Å². The molecule has 0 saturated carbocycles. The van der Waals surface area contributed by atoms with E-state index >= 15 is 0 Å². The van der Waals surface area contributed by atoms with Gasteiger partial charge in [0.2, 0.25) is 11.7 Å². The first-order valence-corrected chi connectivity index (χ1v) is 5.91. The van der Waals surface area contributed by atoms with Crippen LogP contribution >= 0.6 is 11.6 Å². The summed E-state index contributed by atoms with van der Waals surface area (Å²) in [5.41, 5.74) is 6.42. The van der Waals surface area contributed by atoms with Crippen molar-refractivity contribution in [2.24, 2.45) is 11.7 Å². The molecular weight excluding hydrogens is 257 g/mol. The lowest BCUT2D eigenvalue weighted by Crippen LogP contribution is -2.16. The van der Waals surface area contributed by atoms with Gasteiger partial charge >= 0.3 is 0 Å². The van der Waals surface area contributed by atoms with E-state index in [0.29, 0.717) is 17.3 Å². The molecule has 1 aromatic carbocycles. The largest absolute Gasteiger partial charge is 0.337 e. The molecule has 6 heteroatoms. The third-order valence-electron chi connectivity index (χ3n) is 2.62. The Morgan fingerprint density at radius 3 is 2.72 bits per heavy atom. The zero-order valence-electron chi connectivity index (χ0n) is 10.0. The summed E-state index contributed by atoms with van der Waals surface area (Å²) in [4.78, 5) is 4.18. The molecule has 0 aliphatic heterocycles. The van der Waals surface area contributed by atoms with Crippen molar-refractivity contribution in [3.05, 3.63) is 34.9 Å². The smallest absolute Gasteiger partial charge is 0.244 e. The summed E-state index contributed by atoms with van der Waals surface area (Å²) in [6, 6.07) is 3.67. The molecule has 2 aromatic rings. The molecule has 1 atom stereocenters. The number of hydrogen-bond donors (Lipinski definition) is 1. The highest BCUT2D eigenvalue weighted by atomic mass is 35.5.